The highest BCUT2D eigenvalue weighted by Crippen LogP contribution is 2.37. The number of aromatic nitrogens is 3. The molecule has 0 aliphatic heterocycles. The van der Waals surface area contributed by atoms with Crippen LogP contribution >= 0.6 is 0 Å². The van der Waals surface area contributed by atoms with E-state index in [9.17, 15) is 31.4 Å². The van der Waals surface area contributed by atoms with Crippen molar-refractivity contribution in [2.45, 2.75) is 32.2 Å². The van der Waals surface area contributed by atoms with Crippen LogP contribution in [-0.2, 0) is 12.6 Å². The normalized spacial score (nSPS) is 13.0. The fourth-order valence-electron chi connectivity index (χ4n) is 3.35. The minimum Gasteiger partial charge on any atom is -0.396 e. The summed E-state index contributed by atoms with van der Waals surface area (Å²) in [6.45, 7) is 1.48. The summed E-state index contributed by atoms with van der Waals surface area (Å²) in [5.74, 6) is 0.425. The Balaban J connectivity index is 2.15. The first-order valence-corrected chi connectivity index (χ1v) is 10.8. The molecule has 0 saturated carbocycles. The van der Waals surface area contributed by atoms with Crippen LogP contribution in [0.5, 0.6) is 0 Å². The monoisotopic (exact) mass is 511 g/mol. The second-order valence-electron chi connectivity index (χ2n) is 7.73. The van der Waals surface area contributed by atoms with Crippen molar-refractivity contribution >= 4 is 16.7 Å². The van der Waals surface area contributed by atoms with Crippen LogP contribution in [-0.4, -0.2) is 44.9 Å². The summed E-state index contributed by atoms with van der Waals surface area (Å²) in [5.41, 5.74) is -0.697. The lowest BCUT2D eigenvalue weighted by Crippen LogP contribution is -2.30. The van der Waals surface area contributed by atoms with Gasteiger partial charge in [-0.25, -0.2) is 9.97 Å². The highest BCUT2D eigenvalue weighted by atomic mass is 19.4. The molecule has 0 aliphatic rings. The third-order valence-corrected chi connectivity index (χ3v) is 5.03. The van der Waals surface area contributed by atoms with Gasteiger partial charge in [0.1, 0.15) is 11.6 Å². The molecule has 0 aliphatic carbocycles. The molecule has 0 saturated heterocycles. The number of aryl methyl sites for hydroxylation is 1. The Morgan fingerprint density at radius 3 is 2.50 bits per heavy atom. The van der Waals surface area contributed by atoms with Crippen molar-refractivity contribution in [3.63, 3.8) is 0 Å². The molecule has 0 atom stereocenters. The molecule has 2 N–H and O–H groups in total. The van der Waals surface area contributed by atoms with Crippen molar-refractivity contribution < 1.29 is 31.4 Å². The maximum Gasteiger partial charge on any atom is 0.484 e. The number of anilines is 1. The molecule has 3 aromatic rings. The summed E-state index contributed by atoms with van der Waals surface area (Å²) in [5, 5.41) is 12.4. The molecule has 0 radical (unpaired) electrons. The molecule has 192 valence electrons. The summed E-state index contributed by atoms with van der Waals surface area (Å²) < 4.78 is 79.8. The fraction of sp³-hybridized carbons (Fsp3) is 0.292. The topological polar surface area (TPSA) is 74.2 Å². The van der Waals surface area contributed by atoms with E-state index in [1.165, 1.54) is 42.6 Å². The lowest BCUT2D eigenvalue weighted by molar-refractivity contribution is -0.219. The average molecular weight is 511 g/mol. The summed E-state index contributed by atoms with van der Waals surface area (Å²) in [6, 6.07) is 6.44. The van der Waals surface area contributed by atoms with Crippen molar-refractivity contribution in [3.8, 4) is 11.3 Å². The Hall–Kier alpha value is -3.67. The number of nitrogens with zero attached hydrogens (tertiary/aromatic N) is 4. The number of rotatable bonds is 8. The van der Waals surface area contributed by atoms with Crippen molar-refractivity contribution in [3.05, 3.63) is 72.0 Å². The number of fused-ring (bicyclic) bond motifs is 1. The number of aliphatic hydroxyl groups excluding tert-OH is 1. The summed E-state index contributed by atoms with van der Waals surface area (Å²) in [6.07, 6.45) is -3.62. The number of aliphatic hydroxyl groups is 1. The molecule has 6 nitrogen and oxygen atoms in total. The molecule has 2 heterocycles. The third kappa shape index (κ3) is 6.51. The predicted octanol–water partition coefficient (Wildman–Crippen LogP) is 5.92. The fourth-order valence-corrected chi connectivity index (χ4v) is 3.35. The first kappa shape index (κ1) is 26.9. The standard InChI is InChI=1S/C24H23F6N5O/c1-3-6-16(14-35(2)24(28,29)30)32-22-17-10-9-15(13-19(17)33-20(34-22)8-5-12-36)21-18(23(25,26)27)7-4-11-31-21/h3-4,6-7,9-11,13-14,36H,5,8,12H2,1-2H3,(H,32,33,34)/b6-3-,16-14+. The lowest BCUT2D eigenvalue weighted by atomic mass is 10.0. The Bertz CT molecular complexity index is 1270. The van der Waals surface area contributed by atoms with E-state index in [1.54, 1.807) is 6.92 Å². The number of hydrogen-bond donors (Lipinski definition) is 2. The van der Waals surface area contributed by atoms with Crippen molar-refractivity contribution in [1.82, 2.24) is 19.9 Å². The number of hydrogen-bond acceptors (Lipinski definition) is 6. The summed E-state index contributed by atoms with van der Waals surface area (Å²) in [4.78, 5) is 12.8. The van der Waals surface area contributed by atoms with E-state index >= 15 is 0 Å². The maximum absolute atomic E-state index is 13.5. The molecule has 0 fully saturated rings. The van der Waals surface area contributed by atoms with Crippen molar-refractivity contribution in [2.24, 2.45) is 0 Å². The van der Waals surface area contributed by atoms with Gasteiger partial charge in [-0.3, -0.25) is 9.88 Å². The first-order valence-electron chi connectivity index (χ1n) is 10.8. The minimum absolute atomic E-state index is 0.0681. The lowest BCUT2D eigenvalue weighted by Gasteiger charge is -2.20. The zero-order valence-electron chi connectivity index (χ0n) is 19.3. The molecule has 0 amide bonds. The molecule has 36 heavy (non-hydrogen) atoms. The van der Waals surface area contributed by atoms with Gasteiger partial charge in [0.15, 0.2) is 0 Å². The molecule has 0 spiro atoms. The van der Waals surface area contributed by atoms with Crippen molar-refractivity contribution in [1.29, 1.82) is 0 Å². The Kier molecular flexibility index (Phi) is 8.18. The highest BCUT2D eigenvalue weighted by Gasteiger charge is 2.34. The van der Waals surface area contributed by atoms with E-state index in [-0.39, 0.29) is 52.0 Å². The molecule has 3 rings (SSSR count). The zero-order chi connectivity index (χ0) is 26.5. The second kappa shape index (κ2) is 10.9. The predicted molar refractivity (Wildman–Crippen MR) is 124 cm³/mol. The minimum atomic E-state index is -4.63. The van der Waals surface area contributed by atoms with Crippen LogP contribution in [0.1, 0.15) is 24.7 Å². The van der Waals surface area contributed by atoms with E-state index in [0.29, 0.717) is 11.8 Å². The number of halogens is 6. The molecular weight excluding hydrogens is 488 g/mol. The van der Waals surface area contributed by atoms with E-state index in [2.05, 4.69) is 20.3 Å². The summed E-state index contributed by atoms with van der Waals surface area (Å²) >= 11 is 0. The van der Waals surface area contributed by atoms with Gasteiger partial charge in [-0.1, -0.05) is 12.1 Å². The Labute approximate surface area is 203 Å². The molecule has 0 unspecified atom stereocenters. The van der Waals surface area contributed by atoms with E-state index in [0.717, 1.165) is 19.3 Å². The quantitative estimate of drug-likeness (QED) is 0.222. The maximum atomic E-state index is 13.5. The van der Waals surface area contributed by atoms with Gasteiger partial charge in [-0.2, -0.15) is 26.3 Å². The van der Waals surface area contributed by atoms with Gasteiger partial charge < -0.3 is 10.4 Å². The Morgan fingerprint density at radius 1 is 1.11 bits per heavy atom. The van der Waals surface area contributed by atoms with Gasteiger partial charge in [-0.15, -0.1) is 0 Å². The molecule has 12 heteroatoms. The van der Waals surface area contributed by atoms with Gasteiger partial charge in [0.05, 0.1) is 22.5 Å². The number of pyridine rings is 1. The number of alkyl halides is 6. The zero-order valence-corrected chi connectivity index (χ0v) is 19.3. The van der Waals surface area contributed by atoms with Gasteiger partial charge in [0.25, 0.3) is 0 Å². The second-order valence-corrected chi connectivity index (χ2v) is 7.73. The van der Waals surface area contributed by atoms with Gasteiger partial charge in [0.2, 0.25) is 0 Å². The van der Waals surface area contributed by atoms with Crippen LogP contribution in [0.2, 0.25) is 0 Å². The molecule has 2 aromatic heterocycles. The first-order chi connectivity index (χ1) is 16.9. The van der Waals surface area contributed by atoms with Crippen LogP contribution in [0.4, 0.5) is 32.2 Å². The molecular formula is C24H23F6N5O. The SMILES string of the molecule is C/C=C\C(=C/N(C)C(F)(F)F)Nc1nc(CCCO)nc2cc(-c3ncccc3C(F)(F)F)ccc12. The number of allylic oxidation sites excluding steroid dienone is 2. The largest absolute Gasteiger partial charge is 0.484 e. The molecule has 1 aromatic carbocycles. The number of benzene rings is 1. The van der Waals surface area contributed by atoms with Crippen molar-refractivity contribution in [2.75, 3.05) is 19.0 Å². The van der Waals surface area contributed by atoms with Crippen LogP contribution < -0.4 is 5.32 Å². The highest BCUT2D eigenvalue weighted by molar-refractivity contribution is 5.92. The Morgan fingerprint density at radius 2 is 1.86 bits per heavy atom. The van der Waals surface area contributed by atoms with Crippen LogP contribution in [0, 0.1) is 0 Å². The third-order valence-electron chi connectivity index (χ3n) is 5.03. The van der Waals surface area contributed by atoms with E-state index in [4.69, 9.17) is 0 Å². The van der Waals surface area contributed by atoms with E-state index < -0.39 is 18.0 Å². The average Bonchev–Trinajstić information content (AvgIpc) is 2.81. The molecule has 0 bridgehead atoms. The van der Waals surface area contributed by atoms with Gasteiger partial charge in [-0.05, 0) is 43.7 Å². The van der Waals surface area contributed by atoms with Gasteiger partial charge in [0, 0.05) is 43.4 Å². The van der Waals surface area contributed by atoms with E-state index in [1.807, 2.05) is 0 Å². The van der Waals surface area contributed by atoms with Crippen LogP contribution in [0.15, 0.2) is 60.6 Å². The van der Waals surface area contributed by atoms with Crippen LogP contribution in [0.25, 0.3) is 22.2 Å². The van der Waals surface area contributed by atoms with Crippen LogP contribution in [0.3, 0.4) is 0 Å². The smallest absolute Gasteiger partial charge is 0.396 e. The number of nitrogens with one attached hydrogen (secondary N) is 1. The van der Waals surface area contributed by atoms with Gasteiger partial charge >= 0.3 is 12.5 Å². The summed E-state index contributed by atoms with van der Waals surface area (Å²) in [7, 11) is 0.854.